The van der Waals surface area contributed by atoms with Crippen LogP contribution in [0.3, 0.4) is 0 Å². The average Bonchev–Trinajstić information content (AvgIpc) is 3.29. The van der Waals surface area contributed by atoms with Gasteiger partial charge in [0.25, 0.3) is 10.0 Å². The lowest BCUT2D eigenvalue weighted by molar-refractivity contribution is 0.461. The van der Waals surface area contributed by atoms with E-state index in [2.05, 4.69) is 9.71 Å². The van der Waals surface area contributed by atoms with Crippen LogP contribution in [0.2, 0.25) is 10.0 Å². The molecule has 1 aliphatic heterocycles. The molecule has 0 saturated carbocycles. The standard InChI is InChI=1S/C24H23Cl2N5O4S2/c25-19-12-10-18(11-13-19)23-20(17-6-2-1-3-7-17)16-31(29-23)24(28-14-15-36(27,32)33)30-37(34,35)22-9-5-4-8-21(22)26/h1-13,20H,14-16H2,(H,28,30)(H2,27,32,33)/t20-/m1/s1. The lowest BCUT2D eigenvalue weighted by atomic mass is 9.91. The first-order chi connectivity index (χ1) is 17.5. The quantitative estimate of drug-likeness (QED) is 0.326. The number of primary sulfonamides is 1. The van der Waals surface area contributed by atoms with Crippen molar-refractivity contribution in [2.45, 2.75) is 10.8 Å². The molecule has 0 radical (unpaired) electrons. The number of nitrogens with one attached hydrogen (secondary N) is 1. The predicted molar refractivity (Wildman–Crippen MR) is 146 cm³/mol. The van der Waals surface area contributed by atoms with Gasteiger partial charge in [0.1, 0.15) is 4.90 Å². The number of nitrogens with zero attached hydrogens (tertiary/aromatic N) is 3. The van der Waals surface area contributed by atoms with Crippen LogP contribution in [-0.4, -0.2) is 52.4 Å². The van der Waals surface area contributed by atoms with Gasteiger partial charge in [-0.2, -0.15) is 5.10 Å². The molecule has 194 valence electrons. The third kappa shape index (κ3) is 6.88. The van der Waals surface area contributed by atoms with Crippen molar-refractivity contribution >= 4 is 54.9 Å². The van der Waals surface area contributed by atoms with Crippen LogP contribution in [0.1, 0.15) is 17.0 Å². The molecule has 0 aromatic heterocycles. The molecule has 1 atom stereocenters. The van der Waals surface area contributed by atoms with E-state index in [4.69, 9.17) is 33.4 Å². The van der Waals surface area contributed by atoms with Crippen molar-refractivity contribution in [1.82, 2.24) is 9.73 Å². The van der Waals surface area contributed by atoms with Gasteiger partial charge in [-0.25, -0.2) is 36.7 Å². The summed E-state index contributed by atoms with van der Waals surface area (Å²) in [6.07, 6.45) is 0. The molecule has 0 amide bonds. The maximum absolute atomic E-state index is 13.2. The van der Waals surface area contributed by atoms with E-state index in [1.54, 1.807) is 18.2 Å². The molecule has 0 bridgehead atoms. The fraction of sp³-hybridized carbons (Fsp3) is 0.167. The van der Waals surface area contributed by atoms with E-state index in [1.165, 1.54) is 23.2 Å². The van der Waals surface area contributed by atoms with Crippen LogP contribution in [0.15, 0.2) is 93.9 Å². The lowest BCUT2D eigenvalue weighted by Crippen LogP contribution is -2.41. The van der Waals surface area contributed by atoms with Crippen LogP contribution in [0, 0.1) is 0 Å². The van der Waals surface area contributed by atoms with Gasteiger partial charge in [-0.15, -0.1) is 0 Å². The molecule has 37 heavy (non-hydrogen) atoms. The van der Waals surface area contributed by atoms with E-state index >= 15 is 0 Å². The second-order valence-corrected chi connectivity index (χ2v) is 12.4. The fourth-order valence-corrected chi connectivity index (χ4v) is 5.76. The molecular formula is C24H23Cl2N5O4S2. The lowest BCUT2D eigenvalue weighted by Gasteiger charge is -2.20. The van der Waals surface area contributed by atoms with Gasteiger partial charge in [-0.1, -0.05) is 77.8 Å². The Kier molecular flexibility index (Phi) is 8.20. The zero-order valence-corrected chi connectivity index (χ0v) is 22.5. The largest absolute Gasteiger partial charge is 0.265 e. The Morgan fingerprint density at radius 2 is 1.62 bits per heavy atom. The molecular weight excluding hydrogens is 557 g/mol. The van der Waals surface area contributed by atoms with Crippen LogP contribution in [0.25, 0.3) is 0 Å². The Hall–Kier alpha value is -2.96. The van der Waals surface area contributed by atoms with Crippen molar-refractivity contribution in [2.24, 2.45) is 15.2 Å². The molecule has 4 rings (SSSR count). The van der Waals surface area contributed by atoms with Crippen LogP contribution in [-0.2, 0) is 20.0 Å². The average molecular weight is 581 g/mol. The molecule has 1 heterocycles. The molecule has 9 nitrogen and oxygen atoms in total. The van der Waals surface area contributed by atoms with Gasteiger partial charge in [0.15, 0.2) is 0 Å². The van der Waals surface area contributed by atoms with Gasteiger partial charge in [-0.05, 0) is 35.4 Å². The first-order valence-electron chi connectivity index (χ1n) is 11.0. The van der Waals surface area contributed by atoms with E-state index in [-0.39, 0.29) is 34.9 Å². The van der Waals surface area contributed by atoms with Crippen LogP contribution in [0.5, 0.6) is 0 Å². The van der Waals surface area contributed by atoms with Gasteiger partial charge in [0.05, 0.1) is 29.6 Å². The van der Waals surface area contributed by atoms with Crippen molar-refractivity contribution in [1.29, 1.82) is 0 Å². The first-order valence-corrected chi connectivity index (χ1v) is 15.0. The summed E-state index contributed by atoms with van der Waals surface area (Å²) in [6, 6.07) is 22.7. The Balaban J connectivity index is 1.75. The van der Waals surface area contributed by atoms with Crippen molar-refractivity contribution < 1.29 is 16.8 Å². The molecule has 0 aliphatic carbocycles. The van der Waals surface area contributed by atoms with E-state index in [0.717, 1.165) is 11.1 Å². The van der Waals surface area contributed by atoms with E-state index < -0.39 is 25.8 Å². The minimum absolute atomic E-state index is 0.0211. The van der Waals surface area contributed by atoms with Crippen LogP contribution >= 0.6 is 23.2 Å². The summed E-state index contributed by atoms with van der Waals surface area (Å²) < 4.78 is 51.8. The maximum atomic E-state index is 13.2. The molecule has 0 unspecified atom stereocenters. The summed E-state index contributed by atoms with van der Waals surface area (Å²) in [6.45, 7) is -0.0429. The number of nitrogens with two attached hydrogens (primary N) is 1. The van der Waals surface area contributed by atoms with Crippen molar-refractivity contribution in [3.8, 4) is 0 Å². The zero-order chi connectivity index (χ0) is 26.6. The molecule has 3 aromatic rings. The Morgan fingerprint density at radius 1 is 0.973 bits per heavy atom. The highest BCUT2D eigenvalue weighted by atomic mass is 35.5. The normalized spacial score (nSPS) is 16.5. The fourth-order valence-electron chi connectivity index (χ4n) is 3.75. The van der Waals surface area contributed by atoms with E-state index in [0.29, 0.717) is 10.7 Å². The smallest absolute Gasteiger partial charge is 0.250 e. The second kappa shape index (κ2) is 11.2. The third-order valence-corrected chi connectivity index (χ3v) is 8.32. The van der Waals surface area contributed by atoms with E-state index in [1.807, 2.05) is 42.5 Å². The maximum Gasteiger partial charge on any atom is 0.265 e. The van der Waals surface area contributed by atoms with Gasteiger partial charge in [0.2, 0.25) is 16.0 Å². The molecule has 13 heteroatoms. The monoisotopic (exact) mass is 579 g/mol. The van der Waals surface area contributed by atoms with Gasteiger partial charge in [0, 0.05) is 10.9 Å². The minimum Gasteiger partial charge on any atom is -0.250 e. The summed E-state index contributed by atoms with van der Waals surface area (Å²) in [5, 5.41) is 11.8. The highest BCUT2D eigenvalue weighted by Crippen LogP contribution is 2.30. The number of benzene rings is 3. The number of aliphatic imine (C=N–C) groups is 1. The predicted octanol–water partition coefficient (Wildman–Crippen LogP) is 3.42. The summed E-state index contributed by atoms with van der Waals surface area (Å²) in [5.74, 6) is -0.877. The van der Waals surface area contributed by atoms with Crippen LogP contribution in [0.4, 0.5) is 0 Å². The minimum atomic E-state index is -4.19. The number of hydrogen-bond donors (Lipinski definition) is 2. The molecule has 1 aliphatic rings. The number of hydrogen-bond acceptors (Lipinski definition) is 6. The topological polar surface area (TPSA) is 134 Å². The third-order valence-electron chi connectivity index (χ3n) is 5.49. The van der Waals surface area contributed by atoms with Crippen molar-refractivity contribution in [3.63, 3.8) is 0 Å². The number of guanidine groups is 1. The summed E-state index contributed by atoms with van der Waals surface area (Å²) >= 11 is 12.2. The second-order valence-electron chi connectivity index (χ2n) is 8.15. The van der Waals surface area contributed by atoms with Gasteiger partial charge in [-0.3, -0.25) is 0 Å². The number of halogens is 2. The zero-order valence-electron chi connectivity index (χ0n) is 19.3. The Morgan fingerprint density at radius 3 is 2.27 bits per heavy atom. The summed E-state index contributed by atoms with van der Waals surface area (Å²) in [5.41, 5.74) is 2.41. The Bertz CT molecular complexity index is 1550. The number of rotatable bonds is 7. The molecule has 0 spiro atoms. The highest BCUT2D eigenvalue weighted by Gasteiger charge is 2.33. The molecule has 0 fully saturated rings. The molecule has 0 saturated heterocycles. The van der Waals surface area contributed by atoms with Crippen LogP contribution < -0.4 is 9.86 Å². The Labute approximate surface area is 225 Å². The summed E-state index contributed by atoms with van der Waals surface area (Å²) in [7, 11) is -8.01. The van der Waals surface area contributed by atoms with Crippen molar-refractivity contribution in [3.05, 3.63) is 100 Å². The highest BCUT2D eigenvalue weighted by molar-refractivity contribution is 7.90. The molecule has 3 aromatic carbocycles. The van der Waals surface area contributed by atoms with Crippen molar-refractivity contribution in [2.75, 3.05) is 18.8 Å². The van der Waals surface area contributed by atoms with Gasteiger partial charge < -0.3 is 0 Å². The summed E-state index contributed by atoms with van der Waals surface area (Å²) in [4.78, 5) is 4.07. The molecule has 3 N–H and O–H groups in total. The first kappa shape index (κ1) is 27.1. The number of sulfonamides is 2. The van der Waals surface area contributed by atoms with E-state index in [9.17, 15) is 16.8 Å². The van der Waals surface area contributed by atoms with Gasteiger partial charge >= 0.3 is 0 Å². The number of hydrazone groups is 1. The SMILES string of the molecule is NS(=O)(=O)CCN=C(NS(=O)(=O)c1ccccc1Cl)N1C[C@H](c2ccccc2)C(c2ccc(Cl)cc2)=N1.